The summed E-state index contributed by atoms with van der Waals surface area (Å²) in [5, 5.41) is 3.17. The van der Waals surface area contributed by atoms with Crippen LogP contribution in [0.25, 0.3) is 0 Å². The second-order valence-corrected chi connectivity index (χ2v) is 6.41. The molecule has 0 aliphatic carbocycles. The maximum atomic E-state index is 13.2. The fraction of sp³-hybridized carbons (Fsp3) is 0.318. The van der Waals surface area contributed by atoms with E-state index in [4.69, 9.17) is 4.74 Å². The predicted molar refractivity (Wildman–Crippen MR) is 105 cm³/mol. The molecule has 0 aliphatic rings. The van der Waals surface area contributed by atoms with E-state index in [-0.39, 0.29) is 5.56 Å². The van der Waals surface area contributed by atoms with E-state index >= 15 is 0 Å². The molecule has 6 heteroatoms. The van der Waals surface area contributed by atoms with E-state index in [0.29, 0.717) is 13.0 Å². The molecule has 0 saturated heterocycles. The molecule has 2 aromatic rings. The highest BCUT2D eigenvalue weighted by Crippen LogP contribution is 2.27. The van der Waals surface area contributed by atoms with Crippen LogP contribution in [0.2, 0.25) is 0 Å². The van der Waals surface area contributed by atoms with Crippen LogP contribution < -0.4 is 4.74 Å². The molecule has 0 atom stereocenters. The zero-order chi connectivity index (χ0) is 20.7. The van der Waals surface area contributed by atoms with Gasteiger partial charge in [0.2, 0.25) is 0 Å². The van der Waals surface area contributed by atoms with Gasteiger partial charge in [0.25, 0.3) is 0 Å². The number of aryl methyl sites for hydroxylation is 2. The molecule has 150 valence electrons. The minimum Gasteiger partial charge on any atom is -0.490 e. The van der Waals surface area contributed by atoms with Crippen LogP contribution in [0, 0.1) is 13.8 Å². The molecule has 0 spiro atoms. The van der Waals surface area contributed by atoms with E-state index < -0.39 is 11.9 Å². The molecular weight excluding hydrogens is 367 g/mol. The van der Waals surface area contributed by atoms with Crippen LogP contribution in [0.3, 0.4) is 0 Å². The molecule has 28 heavy (non-hydrogen) atoms. The number of alkyl halides is 3. The van der Waals surface area contributed by atoms with Gasteiger partial charge in [0.15, 0.2) is 5.71 Å². The van der Waals surface area contributed by atoms with Crippen molar-refractivity contribution in [2.24, 2.45) is 5.16 Å². The molecule has 0 unspecified atom stereocenters. The van der Waals surface area contributed by atoms with Gasteiger partial charge in [0.1, 0.15) is 19.5 Å². The number of benzene rings is 2. The van der Waals surface area contributed by atoms with E-state index in [1.54, 1.807) is 12.1 Å². The van der Waals surface area contributed by atoms with Crippen LogP contribution in [0.15, 0.2) is 53.7 Å². The molecule has 0 N–H and O–H groups in total. The second kappa shape index (κ2) is 9.44. The number of hydrogen-bond acceptors (Lipinski definition) is 3. The SMILES string of the molecule is C/C=C/COc1cc(C)c(Cc2cccc(/C(=N\OC)C(F)(F)F)c2)c(C)c1. The highest BCUT2D eigenvalue weighted by atomic mass is 19.4. The van der Waals surface area contributed by atoms with Gasteiger partial charge in [-0.05, 0) is 67.6 Å². The van der Waals surface area contributed by atoms with Crippen molar-refractivity contribution in [3.63, 3.8) is 0 Å². The van der Waals surface area contributed by atoms with Gasteiger partial charge >= 0.3 is 6.18 Å². The lowest BCUT2D eigenvalue weighted by atomic mass is 9.94. The molecule has 0 aromatic heterocycles. The average Bonchev–Trinajstić information content (AvgIpc) is 2.62. The Morgan fingerprint density at radius 1 is 1.11 bits per heavy atom. The van der Waals surface area contributed by atoms with Crippen molar-refractivity contribution in [3.05, 3.63) is 76.4 Å². The quantitative estimate of drug-likeness (QED) is 0.341. The van der Waals surface area contributed by atoms with Crippen molar-refractivity contribution in [2.75, 3.05) is 13.7 Å². The predicted octanol–water partition coefficient (Wildman–Crippen LogP) is 5.76. The van der Waals surface area contributed by atoms with Crippen LogP contribution in [-0.2, 0) is 11.3 Å². The van der Waals surface area contributed by atoms with Crippen LogP contribution in [-0.4, -0.2) is 25.6 Å². The van der Waals surface area contributed by atoms with Crippen LogP contribution in [0.1, 0.15) is 34.7 Å². The van der Waals surface area contributed by atoms with Crippen molar-refractivity contribution >= 4 is 5.71 Å². The number of rotatable bonds is 7. The molecule has 3 nitrogen and oxygen atoms in total. The standard InChI is InChI=1S/C22H24F3NO2/c1-5-6-10-28-19-11-15(2)20(16(3)12-19)14-17-8-7-9-18(13-17)21(26-27-4)22(23,24)25/h5-9,11-13H,10,14H2,1-4H3/b6-5+,26-21+. The molecule has 0 fully saturated rings. The van der Waals surface area contributed by atoms with Crippen molar-refractivity contribution in [3.8, 4) is 5.75 Å². The lowest BCUT2D eigenvalue weighted by Crippen LogP contribution is -2.24. The number of halogens is 3. The highest BCUT2D eigenvalue weighted by Gasteiger charge is 2.37. The van der Waals surface area contributed by atoms with Crippen LogP contribution in [0.5, 0.6) is 5.75 Å². The number of allylic oxidation sites excluding steroid dienone is 1. The molecule has 0 radical (unpaired) electrons. The fourth-order valence-electron chi connectivity index (χ4n) is 2.95. The third-order valence-corrected chi connectivity index (χ3v) is 4.28. The van der Waals surface area contributed by atoms with Gasteiger partial charge in [-0.1, -0.05) is 35.5 Å². The summed E-state index contributed by atoms with van der Waals surface area (Å²) in [4.78, 5) is 4.38. The van der Waals surface area contributed by atoms with Gasteiger partial charge in [0.05, 0.1) is 0 Å². The third-order valence-electron chi connectivity index (χ3n) is 4.28. The number of ether oxygens (including phenoxy) is 1. The van der Waals surface area contributed by atoms with Gasteiger partial charge in [-0.2, -0.15) is 13.2 Å². The Bertz CT molecular complexity index is 847. The Labute approximate surface area is 163 Å². The summed E-state index contributed by atoms with van der Waals surface area (Å²) < 4.78 is 45.4. The summed E-state index contributed by atoms with van der Waals surface area (Å²) in [6.45, 7) is 6.37. The Morgan fingerprint density at radius 2 is 1.79 bits per heavy atom. The largest absolute Gasteiger partial charge is 0.490 e. The van der Waals surface area contributed by atoms with Crippen LogP contribution >= 0.6 is 0 Å². The summed E-state index contributed by atoms with van der Waals surface area (Å²) >= 11 is 0. The zero-order valence-electron chi connectivity index (χ0n) is 16.4. The van der Waals surface area contributed by atoms with Gasteiger partial charge in [-0.25, -0.2) is 0 Å². The van der Waals surface area contributed by atoms with E-state index in [9.17, 15) is 13.2 Å². The summed E-state index contributed by atoms with van der Waals surface area (Å²) in [5.74, 6) is 0.775. The monoisotopic (exact) mass is 391 g/mol. The number of oxime groups is 1. The normalized spacial score (nSPS) is 12.5. The Kier molecular flexibility index (Phi) is 7.26. The molecule has 0 heterocycles. The van der Waals surface area contributed by atoms with Gasteiger partial charge in [-0.15, -0.1) is 0 Å². The Balaban J connectivity index is 2.30. The van der Waals surface area contributed by atoms with E-state index in [2.05, 4.69) is 9.99 Å². The van der Waals surface area contributed by atoms with Crippen molar-refractivity contribution in [2.45, 2.75) is 33.4 Å². The van der Waals surface area contributed by atoms with Crippen molar-refractivity contribution in [1.29, 1.82) is 0 Å². The Morgan fingerprint density at radius 3 is 2.36 bits per heavy atom. The van der Waals surface area contributed by atoms with E-state index in [1.165, 1.54) is 12.1 Å². The van der Waals surface area contributed by atoms with Crippen LogP contribution in [0.4, 0.5) is 13.2 Å². The molecule has 2 rings (SSSR count). The molecule has 0 amide bonds. The third kappa shape index (κ3) is 5.62. The summed E-state index contributed by atoms with van der Waals surface area (Å²) in [6.07, 6.45) is -0.238. The van der Waals surface area contributed by atoms with Gasteiger partial charge < -0.3 is 9.57 Å². The lowest BCUT2D eigenvalue weighted by Gasteiger charge is -2.15. The summed E-state index contributed by atoms with van der Waals surface area (Å²) in [7, 11) is 1.10. The molecule has 0 bridgehead atoms. The lowest BCUT2D eigenvalue weighted by molar-refractivity contribution is -0.0607. The molecule has 0 saturated carbocycles. The second-order valence-electron chi connectivity index (χ2n) is 6.41. The van der Waals surface area contributed by atoms with Crippen molar-refractivity contribution < 1.29 is 22.7 Å². The van der Waals surface area contributed by atoms with Gasteiger partial charge in [0, 0.05) is 5.56 Å². The zero-order valence-corrected chi connectivity index (χ0v) is 16.4. The van der Waals surface area contributed by atoms with Crippen molar-refractivity contribution in [1.82, 2.24) is 0 Å². The topological polar surface area (TPSA) is 30.8 Å². The number of nitrogens with zero attached hydrogens (tertiary/aromatic N) is 1. The van der Waals surface area contributed by atoms with E-state index in [0.717, 1.165) is 35.1 Å². The Hall–Kier alpha value is -2.76. The first kappa shape index (κ1) is 21.5. The average molecular weight is 391 g/mol. The molecular formula is C22H24F3NO2. The maximum absolute atomic E-state index is 13.2. The van der Waals surface area contributed by atoms with Gasteiger partial charge in [-0.3, -0.25) is 0 Å². The minimum atomic E-state index is -4.59. The first-order valence-electron chi connectivity index (χ1n) is 8.88. The first-order valence-corrected chi connectivity index (χ1v) is 8.88. The summed E-state index contributed by atoms with van der Waals surface area (Å²) in [6, 6.07) is 10.2. The fourth-order valence-corrected chi connectivity index (χ4v) is 2.95. The summed E-state index contributed by atoms with van der Waals surface area (Å²) in [5.41, 5.74) is 2.82. The highest BCUT2D eigenvalue weighted by molar-refractivity contribution is 6.04. The number of hydrogen-bond donors (Lipinski definition) is 0. The van der Waals surface area contributed by atoms with E-state index in [1.807, 2.05) is 45.1 Å². The molecule has 0 aliphatic heterocycles. The minimum absolute atomic E-state index is 0.0199. The molecule has 2 aromatic carbocycles. The maximum Gasteiger partial charge on any atom is 0.437 e. The first-order chi connectivity index (χ1) is 13.3. The smallest absolute Gasteiger partial charge is 0.437 e.